The molecule has 0 heterocycles. The fourth-order valence-electron chi connectivity index (χ4n) is 2.27. The zero-order chi connectivity index (χ0) is 14.0. The number of amides is 1. The highest BCUT2D eigenvalue weighted by Gasteiger charge is 2.33. The van der Waals surface area contributed by atoms with E-state index in [-0.39, 0.29) is 11.8 Å². The van der Waals surface area contributed by atoms with Crippen molar-refractivity contribution in [3.8, 4) is 0 Å². The minimum atomic E-state index is -0.859. The van der Waals surface area contributed by atoms with Gasteiger partial charge >= 0.3 is 5.97 Å². The van der Waals surface area contributed by atoms with Crippen molar-refractivity contribution in [2.75, 3.05) is 5.32 Å². The normalized spacial score (nSPS) is 22.2. The van der Waals surface area contributed by atoms with E-state index in [9.17, 15) is 14.0 Å². The third-order valence-corrected chi connectivity index (χ3v) is 4.03. The Labute approximate surface area is 118 Å². The maximum absolute atomic E-state index is 13.1. The van der Waals surface area contributed by atoms with Gasteiger partial charge in [-0.05, 0) is 53.4 Å². The van der Waals surface area contributed by atoms with Crippen LogP contribution >= 0.6 is 15.9 Å². The summed E-state index contributed by atoms with van der Waals surface area (Å²) in [6.07, 6.45) is 1.40. The van der Waals surface area contributed by atoms with Gasteiger partial charge in [0.2, 0.25) is 5.91 Å². The second-order valence-corrected chi connectivity index (χ2v) is 5.51. The average molecular weight is 330 g/mol. The van der Waals surface area contributed by atoms with Crippen LogP contribution in [0.25, 0.3) is 0 Å². The van der Waals surface area contributed by atoms with E-state index in [1.54, 1.807) is 0 Å². The van der Waals surface area contributed by atoms with Gasteiger partial charge in [0.15, 0.2) is 0 Å². The van der Waals surface area contributed by atoms with Crippen molar-refractivity contribution >= 4 is 33.5 Å². The molecule has 0 spiro atoms. The lowest BCUT2D eigenvalue weighted by atomic mass is 10.0. The number of rotatable bonds is 3. The lowest BCUT2D eigenvalue weighted by molar-refractivity contribution is -0.141. The molecule has 0 saturated heterocycles. The molecule has 1 aromatic carbocycles. The highest BCUT2D eigenvalue weighted by Crippen LogP contribution is 2.32. The Morgan fingerprint density at radius 1 is 1.32 bits per heavy atom. The molecule has 2 atom stereocenters. The van der Waals surface area contributed by atoms with E-state index in [0.717, 1.165) is 0 Å². The molecule has 0 aromatic heterocycles. The summed E-state index contributed by atoms with van der Waals surface area (Å²) in [4.78, 5) is 22.8. The molecule has 0 radical (unpaired) electrons. The highest BCUT2D eigenvalue weighted by molar-refractivity contribution is 9.10. The van der Waals surface area contributed by atoms with Crippen LogP contribution in [0.15, 0.2) is 22.7 Å². The summed E-state index contributed by atoms with van der Waals surface area (Å²) in [5.74, 6) is -2.33. The zero-order valence-electron chi connectivity index (χ0n) is 10.0. The number of carboxylic acid groups (broad SMARTS) is 1. The number of aliphatic carboxylic acids is 1. The van der Waals surface area contributed by atoms with E-state index >= 15 is 0 Å². The lowest BCUT2D eigenvalue weighted by Gasteiger charge is -2.12. The molecule has 4 nitrogen and oxygen atoms in total. The monoisotopic (exact) mass is 329 g/mol. The van der Waals surface area contributed by atoms with Crippen LogP contribution in [0.4, 0.5) is 10.1 Å². The molecule has 0 unspecified atom stereocenters. The number of hydrogen-bond acceptors (Lipinski definition) is 2. The van der Waals surface area contributed by atoms with E-state index in [1.165, 1.54) is 18.2 Å². The smallest absolute Gasteiger partial charge is 0.306 e. The Hall–Kier alpha value is -1.43. The van der Waals surface area contributed by atoms with Gasteiger partial charge in [-0.3, -0.25) is 9.59 Å². The standard InChI is InChI=1S/C13H13BrFNO3/c14-10-4-3-9(15)6-11(10)16-12(17)7-1-2-8(5-7)13(18)19/h3-4,6-8H,1-2,5H2,(H,16,17)(H,18,19)/t7-,8+/m1/s1. The molecule has 1 aromatic rings. The summed E-state index contributed by atoms with van der Waals surface area (Å²) in [6, 6.07) is 4.03. The number of benzene rings is 1. The SMILES string of the molecule is O=C(O)[C@H]1CC[C@@H](C(=O)Nc2cc(F)ccc2Br)C1. The van der Waals surface area contributed by atoms with Gasteiger partial charge in [0.05, 0.1) is 11.6 Å². The maximum atomic E-state index is 13.1. The van der Waals surface area contributed by atoms with Crippen molar-refractivity contribution < 1.29 is 19.1 Å². The predicted octanol–water partition coefficient (Wildman–Crippen LogP) is 3.03. The Balaban J connectivity index is 2.02. The van der Waals surface area contributed by atoms with Gasteiger partial charge in [-0.25, -0.2) is 4.39 Å². The van der Waals surface area contributed by atoms with Gasteiger partial charge in [-0.2, -0.15) is 0 Å². The summed E-state index contributed by atoms with van der Waals surface area (Å²) in [5, 5.41) is 11.5. The Morgan fingerprint density at radius 3 is 2.63 bits per heavy atom. The Morgan fingerprint density at radius 2 is 2.00 bits per heavy atom. The first kappa shape index (κ1) is 14.0. The quantitative estimate of drug-likeness (QED) is 0.895. The zero-order valence-corrected chi connectivity index (χ0v) is 11.6. The molecule has 2 N–H and O–H groups in total. The first-order chi connectivity index (χ1) is 8.97. The molecule has 6 heteroatoms. The third kappa shape index (κ3) is 3.32. The van der Waals surface area contributed by atoms with Crippen molar-refractivity contribution in [1.29, 1.82) is 0 Å². The molecule has 102 valence electrons. The Kier molecular flexibility index (Phi) is 4.19. The molecule has 1 fully saturated rings. The predicted molar refractivity (Wildman–Crippen MR) is 71.2 cm³/mol. The van der Waals surface area contributed by atoms with Crippen molar-refractivity contribution in [1.82, 2.24) is 0 Å². The highest BCUT2D eigenvalue weighted by atomic mass is 79.9. The molecule has 1 aliphatic carbocycles. The molecule has 0 bridgehead atoms. The van der Waals surface area contributed by atoms with E-state index < -0.39 is 17.7 Å². The first-order valence-corrected chi connectivity index (χ1v) is 6.75. The van der Waals surface area contributed by atoms with Crippen molar-refractivity contribution in [3.05, 3.63) is 28.5 Å². The molecule has 1 amide bonds. The third-order valence-electron chi connectivity index (χ3n) is 3.34. The fraction of sp³-hybridized carbons (Fsp3) is 0.385. The molecular formula is C13H13BrFNO3. The van der Waals surface area contributed by atoms with Gasteiger partial charge in [0.25, 0.3) is 0 Å². The molecule has 19 heavy (non-hydrogen) atoms. The number of nitrogens with one attached hydrogen (secondary N) is 1. The summed E-state index contributed by atoms with van der Waals surface area (Å²) in [5.41, 5.74) is 0.365. The van der Waals surface area contributed by atoms with Gasteiger partial charge < -0.3 is 10.4 Å². The lowest BCUT2D eigenvalue weighted by Crippen LogP contribution is -2.22. The minimum Gasteiger partial charge on any atom is -0.481 e. The van der Waals surface area contributed by atoms with Gasteiger partial charge in [-0.1, -0.05) is 0 Å². The number of carbonyl (C=O) groups excluding carboxylic acids is 1. The van der Waals surface area contributed by atoms with Gasteiger partial charge in [0, 0.05) is 10.4 Å². The number of carboxylic acids is 1. The van der Waals surface area contributed by atoms with Crippen molar-refractivity contribution in [2.45, 2.75) is 19.3 Å². The van der Waals surface area contributed by atoms with Crippen LogP contribution in [0.1, 0.15) is 19.3 Å². The summed E-state index contributed by atoms with van der Waals surface area (Å²) in [6.45, 7) is 0. The van der Waals surface area contributed by atoms with E-state index in [2.05, 4.69) is 21.2 Å². The molecule has 1 aliphatic rings. The average Bonchev–Trinajstić information content (AvgIpc) is 2.83. The van der Waals surface area contributed by atoms with Crippen LogP contribution < -0.4 is 5.32 Å². The van der Waals surface area contributed by atoms with E-state index in [1.807, 2.05) is 0 Å². The van der Waals surface area contributed by atoms with Crippen LogP contribution in [0.5, 0.6) is 0 Å². The minimum absolute atomic E-state index is 0.255. The second-order valence-electron chi connectivity index (χ2n) is 4.66. The maximum Gasteiger partial charge on any atom is 0.306 e. The van der Waals surface area contributed by atoms with Crippen LogP contribution in [0, 0.1) is 17.7 Å². The number of halogens is 2. The summed E-state index contributed by atoms with van der Waals surface area (Å²) < 4.78 is 13.7. The molecule has 2 rings (SSSR count). The van der Waals surface area contributed by atoms with Crippen LogP contribution in [0.2, 0.25) is 0 Å². The Bertz CT molecular complexity index is 521. The van der Waals surface area contributed by atoms with Crippen LogP contribution in [-0.4, -0.2) is 17.0 Å². The van der Waals surface area contributed by atoms with Gasteiger partial charge in [-0.15, -0.1) is 0 Å². The first-order valence-electron chi connectivity index (χ1n) is 5.96. The molecular weight excluding hydrogens is 317 g/mol. The fourth-order valence-corrected chi connectivity index (χ4v) is 2.62. The molecule has 0 aliphatic heterocycles. The van der Waals surface area contributed by atoms with E-state index in [0.29, 0.717) is 29.4 Å². The van der Waals surface area contributed by atoms with E-state index in [4.69, 9.17) is 5.11 Å². The number of hydrogen-bond donors (Lipinski definition) is 2. The topological polar surface area (TPSA) is 66.4 Å². The second kappa shape index (κ2) is 5.69. The van der Waals surface area contributed by atoms with Crippen LogP contribution in [0.3, 0.4) is 0 Å². The number of carbonyl (C=O) groups is 2. The summed E-state index contributed by atoms with van der Waals surface area (Å²) in [7, 11) is 0. The number of anilines is 1. The summed E-state index contributed by atoms with van der Waals surface area (Å²) >= 11 is 3.23. The van der Waals surface area contributed by atoms with Crippen molar-refractivity contribution in [3.63, 3.8) is 0 Å². The van der Waals surface area contributed by atoms with Crippen molar-refractivity contribution in [2.24, 2.45) is 11.8 Å². The molecule has 1 saturated carbocycles. The van der Waals surface area contributed by atoms with Gasteiger partial charge in [0.1, 0.15) is 5.82 Å². The van der Waals surface area contributed by atoms with Crippen LogP contribution in [-0.2, 0) is 9.59 Å². The largest absolute Gasteiger partial charge is 0.481 e.